The van der Waals surface area contributed by atoms with E-state index in [1.165, 1.54) is 6.07 Å². The Morgan fingerprint density at radius 3 is 2.57 bits per heavy atom. The summed E-state index contributed by atoms with van der Waals surface area (Å²) < 4.78 is 49.1. The Bertz CT molecular complexity index is 551. The van der Waals surface area contributed by atoms with E-state index in [1.54, 1.807) is 6.92 Å². The maximum Gasteiger partial charge on any atom is 0.416 e. The van der Waals surface area contributed by atoms with Gasteiger partial charge in [-0.2, -0.15) is 13.2 Å². The highest BCUT2D eigenvalue weighted by molar-refractivity contribution is 8.00. The summed E-state index contributed by atoms with van der Waals surface area (Å²) in [5.74, 6) is 0.282. The highest BCUT2D eigenvalue weighted by Gasteiger charge is 2.47. The summed E-state index contributed by atoms with van der Waals surface area (Å²) in [4.78, 5) is 0.274. The molecule has 0 aromatic heterocycles. The average Bonchev–Trinajstić information content (AvgIpc) is 2.42. The second kappa shape index (κ2) is 5.05. The van der Waals surface area contributed by atoms with Crippen LogP contribution in [0.2, 0.25) is 0 Å². The molecule has 2 N–H and O–H groups in total. The molecule has 8 heteroatoms. The lowest BCUT2D eigenvalue weighted by Crippen LogP contribution is -2.57. The molecular formula is C13H13F3O4S. The molecular weight excluding hydrogens is 309 g/mol. The SMILES string of the molecule is CC1OC2Oc3ccc(C(F)(F)F)cc3SC2C(O)C1O. The first-order valence-corrected chi connectivity index (χ1v) is 7.21. The van der Waals surface area contributed by atoms with Gasteiger partial charge in [0, 0.05) is 0 Å². The number of aliphatic hydroxyl groups is 2. The van der Waals surface area contributed by atoms with Crippen molar-refractivity contribution in [1.82, 2.24) is 0 Å². The van der Waals surface area contributed by atoms with Crippen molar-refractivity contribution in [2.75, 3.05) is 0 Å². The summed E-state index contributed by atoms with van der Waals surface area (Å²) in [6, 6.07) is 3.16. The molecule has 1 fully saturated rings. The zero-order valence-electron chi connectivity index (χ0n) is 10.9. The molecule has 3 rings (SSSR count). The molecule has 5 atom stereocenters. The van der Waals surface area contributed by atoms with Crippen LogP contribution in [0.25, 0.3) is 0 Å². The van der Waals surface area contributed by atoms with Crippen LogP contribution in [0.15, 0.2) is 23.1 Å². The molecule has 0 saturated carbocycles. The highest BCUT2D eigenvalue weighted by atomic mass is 32.2. The number of halogens is 3. The number of hydrogen-bond donors (Lipinski definition) is 2. The first kappa shape index (κ1) is 15.0. The van der Waals surface area contributed by atoms with E-state index in [4.69, 9.17) is 9.47 Å². The van der Waals surface area contributed by atoms with E-state index in [0.717, 1.165) is 23.9 Å². The van der Waals surface area contributed by atoms with Crippen LogP contribution in [0.4, 0.5) is 13.2 Å². The minimum atomic E-state index is -4.44. The summed E-state index contributed by atoms with van der Waals surface area (Å²) in [6.07, 6.45) is -8.09. The average molecular weight is 322 g/mol. The number of benzene rings is 1. The number of thioether (sulfide) groups is 1. The van der Waals surface area contributed by atoms with Gasteiger partial charge < -0.3 is 19.7 Å². The molecule has 2 aliphatic heterocycles. The first-order valence-electron chi connectivity index (χ1n) is 6.33. The monoisotopic (exact) mass is 322 g/mol. The number of fused-ring (bicyclic) bond motifs is 2. The molecule has 0 bridgehead atoms. The van der Waals surface area contributed by atoms with Gasteiger partial charge in [-0.1, -0.05) is 0 Å². The van der Waals surface area contributed by atoms with E-state index in [2.05, 4.69) is 0 Å². The van der Waals surface area contributed by atoms with Gasteiger partial charge in [0.05, 0.1) is 16.6 Å². The van der Waals surface area contributed by atoms with E-state index >= 15 is 0 Å². The summed E-state index contributed by atoms with van der Waals surface area (Å²) in [5.41, 5.74) is -0.782. The second-order valence-corrected chi connectivity index (χ2v) is 6.27. The Kier molecular flexibility index (Phi) is 3.59. The summed E-state index contributed by atoms with van der Waals surface area (Å²) in [7, 11) is 0. The van der Waals surface area contributed by atoms with Gasteiger partial charge in [0.1, 0.15) is 23.2 Å². The van der Waals surface area contributed by atoms with Gasteiger partial charge in [0.25, 0.3) is 0 Å². The fourth-order valence-corrected chi connectivity index (χ4v) is 3.62. The maximum absolute atomic E-state index is 12.7. The van der Waals surface area contributed by atoms with Gasteiger partial charge in [0.15, 0.2) is 0 Å². The van der Waals surface area contributed by atoms with Crippen molar-refractivity contribution in [3.8, 4) is 5.75 Å². The van der Waals surface area contributed by atoms with Crippen molar-refractivity contribution in [3.63, 3.8) is 0 Å². The molecule has 2 aliphatic rings. The van der Waals surface area contributed by atoms with Crippen molar-refractivity contribution >= 4 is 11.8 Å². The summed E-state index contributed by atoms with van der Waals surface area (Å²) in [6.45, 7) is 1.60. The van der Waals surface area contributed by atoms with Crippen molar-refractivity contribution in [2.24, 2.45) is 0 Å². The molecule has 0 radical (unpaired) electrons. The van der Waals surface area contributed by atoms with Gasteiger partial charge in [-0.3, -0.25) is 0 Å². The van der Waals surface area contributed by atoms with Crippen LogP contribution in [0.3, 0.4) is 0 Å². The largest absolute Gasteiger partial charge is 0.462 e. The van der Waals surface area contributed by atoms with E-state index in [9.17, 15) is 23.4 Å². The molecule has 21 heavy (non-hydrogen) atoms. The summed E-state index contributed by atoms with van der Waals surface area (Å²) >= 11 is 1.03. The molecule has 5 unspecified atom stereocenters. The molecule has 4 nitrogen and oxygen atoms in total. The van der Waals surface area contributed by atoms with Gasteiger partial charge in [0.2, 0.25) is 6.29 Å². The number of ether oxygens (including phenoxy) is 2. The molecule has 1 aromatic carbocycles. The Morgan fingerprint density at radius 1 is 1.19 bits per heavy atom. The molecule has 0 amide bonds. The van der Waals surface area contributed by atoms with E-state index in [-0.39, 0.29) is 10.6 Å². The first-order chi connectivity index (χ1) is 9.77. The third-order valence-corrected chi connectivity index (χ3v) is 4.91. The molecule has 1 saturated heterocycles. The smallest absolute Gasteiger partial charge is 0.416 e. The molecule has 0 spiro atoms. The Morgan fingerprint density at radius 2 is 1.90 bits per heavy atom. The fourth-order valence-electron chi connectivity index (χ4n) is 2.37. The van der Waals surface area contributed by atoms with Crippen LogP contribution in [-0.2, 0) is 10.9 Å². The highest BCUT2D eigenvalue weighted by Crippen LogP contribution is 2.46. The van der Waals surface area contributed by atoms with Gasteiger partial charge >= 0.3 is 6.18 Å². The maximum atomic E-state index is 12.7. The van der Waals surface area contributed by atoms with Gasteiger partial charge in [-0.15, -0.1) is 11.8 Å². The van der Waals surface area contributed by atoms with E-state index < -0.39 is 41.6 Å². The third-order valence-electron chi connectivity index (χ3n) is 3.56. The standard InChI is InChI=1S/C13H13F3O4S/c1-5-9(17)10(18)11-12(19-5)20-7-3-2-6(13(14,15)16)4-8(7)21-11/h2-5,9-12,17-18H,1H3. The molecule has 1 aromatic rings. The molecule has 0 aliphatic carbocycles. The predicted octanol–water partition coefficient (Wildman–Crippen LogP) is 2.03. The van der Waals surface area contributed by atoms with Crippen molar-refractivity contribution < 1.29 is 32.9 Å². The normalized spacial score (nSPS) is 35.6. The predicted molar refractivity (Wildman–Crippen MR) is 68.1 cm³/mol. The van der Waals surface area contributed by atoms with Crippen LogP contribution in [-0.4, -0.2) is 40.1 Å². The quantitative estimate of drug-likeness (QED) is 0.765. The lowest BCUT2D eigenvalue weighted by Gasteiger charge is -2.43. The van der Waals surface area contributed by atoms with Crippen LogP contribution in [0.1, 0.15) is 12.5 Å². The van der Waals surface area contributed by atoms with E-state index in [0.29, 0.717) is 0 Å². The number of hydrogen-bond acceptors (Lipinski definition) is 5. The lowest BCUT2D eigenvalue weighted by atomic mass is 10.0. The topological polar surface area (TPSA) is 58.9 Å². The van der Waals surface area contributed by atoms with Crippen LogP contribution < -0.4 is 4.74 Å². The Balaban J connectivity index is 1.92. The minimum absolute atomic E-state index is 0.274. The van der Waals surface area contributed by atoms with Crippen molar-refractivity contribution in [3.05, 3.63) is 23.8 Å². The number of alkyl halides is 3. The molecule has 116 valence electrons. The number of rotatable bonds is 0. The van der Waals surface area contributed by atoms with Crippen molar-refractivity contribution in [1.29, 1.82) is 0 Å². The summed E-state index contributed by atoms with van der Waals surface area (Å²) in [5, 5.41) is 19.2. The van der Waals surface area contributed by atoms with E-state index in [1.807, 2.05) is 0 Å². The van der Waals surface area contributed by atoms with Gasteiger partial charge in [-0.25, -0.2) is 0 Å². The zero-order chi connectivity index (χ0) is 15.4. The molecule has 2 heterocycles. The van der Waals surface area contributed by atoms with Crippen molar-refractivity contribution in [2.45, 2.75) is 47.8 Å². The Labute approximate surface area is 122 Å². The minimum Gasteiger partial charge on any atom is -0.462 e. The third kappa shape index (κ3) is 2.61. The van der Waals surface area contributed by atoms with Gasteiger partial charge in [-0.05, 0) is 25.1 Å². The van der Waals surface area contributed by atoms with Crippen LogP contribution in [0.5, 0.6) is 5.75 Å². The lowest BCUT2D eigenvalue weighted by molar-refractivity contribution is -0.213. The van der Waals surface area contributed by atoms with Crippen LogP contribution in [0, 0.1) is 0 Å². The fraction of sp³-hybridized carbons (Fsp3) is 0.538. The zero-order valence-corrected chi connectivity index (χ0v) is 11.7. The second-order valence-electron chi connectivity index (χ2n) is 5.05. The Hall–Kier alpha value is -0.960. The van der Waals surface area contributed by atoms with Crippen LogP contribution >= 0.6 is 11.8 Å². The number of aliphatic hydroxyl groups excluding tert-OH is 2.